The SMILES string of the molecule is Cc1cc2cc(-c3ccc4c(C)c(OCC5CO5)c(C)cc4c3)ccc2c(C)c1OCC1CO1. The van der Waals surface area contributed by atoms with Gasteiger partial charge in [-0.05, 0) is 107 Å². The van der Waals surface area contributed by atoms with Gasteiger partial charge >= 0.3 is 0 Å². The Bertz CT molecular complexity index is 1300. The molecule has 4 nitrogen and oxygen atoms in total. The van der Waals surface area contributed by atoms with Gasteiger partial charge < -0.3 is 18.9 Å². The van der Waals surface area contributed by atoms with E-state index in [9.17, 15) is 0 Å². The maximum absolute atomic E-state index is 6.09. The van der Waals surface area contributed by atoms with Gasteiger partial charge in [-0.15, -0.1) is 0 Å². The van der Waals surface area contributed by atoms with Crippen molar-refractivity contribution < 1.29 is 18.9 Å². The molecular weight excluding hydrogens is 424 g/mol. The van der Waals surface area contributed by atoms with Gasteiger partial charge in [-0.3, -0.25) is 0 Å². The summed E-state index contributed by atoms with van der Waals surface area (Å²) in [6.45, 7) is 11.4. The second kappa shape index (κ2) is 8.30. The van der Waals surface area contributed by atoms with Crippen molar-refractivity contribution in [2.24, 2.45) is 0 Å². The van der Waals surface area contributed by atoms with Crippen molar-refractivity contribution in [2.45, 2.75) is 39.9 Å². The van der Waals surface area contributed by atoms with Crippen LogP contribution < -0.4 is 9.47 Å². The van der Waals surface area contributed by atoms with Crippen molar-refractivity contribution in [1.82, 2.24) is 0 Å². The summed E-state index contributed by atoms with van der Waals surface area (Å²) in [5.74, 6) is 1.97. The Morgan fingerprint density at radius 1 is 0.647 bits per heavy atom. The van der Waals surface area contributed by atoms with Crippen molar-refractivity contribution in [1.29, 1.82) is 0 Å². The fraction of sp³-hybridized carbons (Fsp3) is 0.333. The standard InChI is InChI=1S/C30H30O4/c1-17-9-23-11-21(5-7-27(23)19(3)29(17)33-15-25-13-31-25)22-6-8-28-20(4)30(34-16-26-14-32-26)18(2)10-24(28)12-22/h5-12,25-26H,13-16H2,1-4H3. The Labute approximate surface area is 200 Å². The predicted molar refractivity (Wildman–Crippen MR) is 136 cm³/mol. The maximum Gasteiger partial charge on any atom is 0.125 e. The topological polar surface area (TPSA) is 43.5 Å². The van der Waals surface area contributed by atoms with Gasteiger partial charge in [0.2, 0.25) is 0 Å². The number of hydrogen-bond donors (Lipinski definition) is 0. The van der Waals surface area contributed by atoms with Crippen molar-refractivity contribution in [3.63, 3.8) is 0 Å². The van der Waals surface area contributed by atoms with Crippen molar-refractivity contribution in [2.75, 3.05) is 26.4 Å². The summed E-state index contributed by atoms with van der Waals surface area (Å²) in [6, 6.07) is 17.9. The lowest BCUT2D eigenvalue weighted by Crippen LogP contribution is -2.06. The molecule has 2 aliphatic heterocycles. The molecule has 2 atom stereocenters. The van der Waals surface area contributed by atoms with Gasteiger partial charge in [-0.1, -0.05) is 24.3 Å². The summed E-state index contributed by atoms with van der Waals surface area (Å²) in [5, 5.41) is 4.94. The number of hydrogen-bond acceptors (Lipinski definition) is 4. The van der Waals surface area contributed by atoms with E-state index < -0.39 is 0 Å². The predicted octanol–water partition coefficient (Wildman–Crippen LogP) is 6.45. The molecule has 2 saturated heterocycles. The second-order valence-electron chi connectivity index (χ2n) is 9.70. The summed E-state index contributed by atoms with van der Waals surface area (Å²) in [6.07, 6.45) is 0.513. The number of fused-ring (bicyclic) bond motifs is 2. The summed E-state index contributed by atoms with van der Waals surface area (Å²) in [5.41, 5.74) is 7.14. The van der Waals surface area contributed by atoms with E-state index >= 15 is 0 Å². The minimum absolute atomic E-state index is 0.256. The third-order valence-corrected chi connectivity index (χ3v) is 7.02. The Kier molecular flexibility index (Phi) is 5.23. The smallest absolute Gasteiger partial charge is 0.125 e. The van der Waals surface area contributed by atoms with Gasteiger partial charge in [0, 0.05) is 0 Å². The summed E-state index contributed by atoms with van der Waals surface area (Å²) in [7, 11) is 0. The van der Waals surface area contributed by atoms with Gasteiger partial charge in [0.25, 0.3) is 0 Å². The van der Waals surface area contributed by atoms with Crippen LogP contribution in [-0.2, 0) is 9.47 Å². The highest BCUT2D eigenvalue weighted by molar-refractivity contribution is 5.95. The van der Waals surface area contributed by atoms with Crippen LogP contribution in [-0.4, -0.2) is 38.6 Å². The zero-order chi connectivity index (χ0) is 23.4. The highest BCUT2D eigenvalue weighted by Crippen LogP contribution is 2.37. The first-order valence-electron chi connectivity index (χ1n) is 12.0. The lowest BCUT2D eigenvalue weighted by molar-refractivity contribution is 0.261. The van der Waals surface area contributed by atoms with Crippen molar-refractivity contribution in [3.8, 4) is 22.6 Å². The molecule has 34 heavy (non-hydrogen) atoms. The first-order chi connectivity index (χ1) is 16.5. The maximum atomic E-state index is 6.09. The number of epoxide rings is 2. The van der Waals surface area contributed by atoms with Gasteiger partial charge in [0.1, 0.15) is 36.9 Å². The van der Waals surface area contributed by atoms with E-state index in [1.165, 1.54) is 43.8 Å². The van der Waals surface area contributed by atoms with Crippen LogP contribution in [0.1, 0.15) is 22.3 Å². The van der Waals surface area contributed by atoms with E-state index in [1.807, 2.05) is 0 Å². The van der Waals surface area contributed by atoms with E-state index in [0.29, 0.717) is 13.2 Å². The van der Waals surface area contributed by atoms with Crippen LogP contribution in [0.4, 0.5) is 0 Å². The van der Waals surface area contributed by atoms with Crippen molar-refractivity contribution in [3.05, 3.63) is 70.8 Å². The molecule has 0 aromatic heterocycles. The molecule has 0 N–H and O–H groups in total. The molecule has 0 radical (unpaired) electrons. The molecule has 2 unspecified atom stereocenters. The molecule has 0 bridgehead atoms. The Balaban J connectivity index is 1.34. The fourth-order valence-corrected chi connectivity index (χ4v) is 4.97. The molecule has 0 amide bonds. The molecule has 2 fully saturated rings. The average Bonchev–Trinajstić information content (AvgIpc) is 3.73. The Morgan fingerprint density at radius 2 is 1.06 bits per heavy atom. The normalized spacial score (nSPS) is 18.9. The molecule has 6 rings (SSSR count). The van der Waals surface area contributed by atoms with E-state index in [4.69, 9.17) is 18.9 Å². The summed E-state index contributed by atoms with van der Waals surface area (Å²) in [4.78, 5) is 0. The summed E-state index contributed by atoms with van der Waals surface area (Å²) >= 11 is 0. The van der Waals surface area contributed by atoms with E-state index in [-0.39, 0.29) is 12.2 Å². The lowest BCUT2D eigenvalue weighted by atomic mass is 9.94. The first kappa shape index (κ1) is 21.5. The molecular formula is C30H30O4. The van der Waals surface area contributed by atoms with Crippen LogP contribution in [0.3, 0.4) is 0 Å². The minimum Gasteiger partial charge on any atom is -0.490 e. The molecule has 4 aromatic rings. The third-order valence-electron chi connectivity index (χ3n) is 7.02. The van der Waals surface area contributed by atoms with Crippen molar-refractivity contribution >= 4 is 21.5 Å². The van der Waals surface area contributed by atoms with E-state index in [2.05, 4.69) is 76.2 Å². The zero-order valence-corrected chi connectivity index (χ0v) is 20.2. The molecule has 2 aliphatic rings. The van der Waals surface area contributed by atoms with Crippen LogP contribution in [0, 0.1) is 27.7 Å². The molecule has 2 heterocycles. The number of ether oxygens (including phenoxy) is 4. The molecule has 4 aromatic carbocycles. The monoisotopic (exact) mass is 454 g/mol. The third kappa shape index (κ3) is 4.02. The van der Waals surface area contributed by atoms with Gasteiger partial charge in [-0.25, -0.2) is 0 Å². The van der Waals surface area contributed by atoms with Gasteiger partial charge in [0.15, 0.2) is 0 Å². The molecule has 0 saturated carbocycles. The zero-order valence-electron chi connectivity index (χ0n) is 20.2. The Hall–Kier alpha value is -3.08. The van der Waals surface area contributed by atoms with Crippen LogP contribution in [0.2, 0.25) is 0 Å². The minimum atomic E-state index is 0.256. The average molecular weight is 455 g/mol. The van der Waals surface area contributed by atoms with E-state index in [0.717, 1.165) is 35.8 Å². The molecule has 0 aliphatic carbocycles. The fourth-order valence-electron chi connectivity index (χ4n) is 4.97. The lowest BCUT2D eigenvalue weighted by Gasteiger charge is -2.16. The molecule has 174 valence electrons. The van der Waals surface area contributed by atoms with Crippen LogP contribution in [0.15, 0.2) is 48.5 Å². The number of aryl methyl sites for hydroxylation is 4. The van der Waals surface area contributed by atoms with Crippen LogP contribution in [0.25, 0.3) is 32.7 Å². The number of benzene rings is 4. The number of rotatable bonds is 7. The van der Waals surface area contributed by atoms with Crippen LogP contribution in [0.5, 0.6) is 11.5 Å². The highest BCUT2D eigenvalue weighted by Gasteiger charge is 2.25. The van der Waals surface area contributed by atoms with Crippen LogP contribution >= 0.6 is 0 Å². The van der Waals surface area contributed by atoms with E-state index in [1.54, 1.807) is 0 Å². The second-order valence-corrected chi connectivity index (χ2v) is 9.70. The first-order valence-corrected chi connectivity index (χ1v) is 12.0. The Morgan fingerprint density at radius 3 is 1.44 bits per heavy atom. The largest absolute Gasteiger partial charge is 0.490 e. The molecule has 4 heteroatoms. The quantitative estimate of drug-likeness (QED) is 0.301. The molecule has 0 spiro atoms. The summed E-state index contributed by atoms with van der Waals surface area (Å²) < 4.78 is 22.8. The highest BCUT2D eigenvalue weighted by atomic mass is 16.6. The van der Waals surface area contributed by atoms with Gasteiger partial charge in [0.05, 0.1) is 13.2 Å². The van der Waals surface area contributed by atoms with Gasteiger partial charge in [-0.2, -0.15) is 0 Å².